The van der Waals surface area contributed by atoms with Crippen LogP contribution in [-0.2, 0) is 0 Å². The number of hydrogen-bond acceptors (Lipinski definition) is 0. The van der Waals surface area contributed by atoms with Crippen LogP contribution in [0, 0.1) is 0 Å². The molecule has 0 aliphatic carbocycles. The van der Waals surface area contributed by atoms with Crippen LogP contribution in [0.25, 0.3) is 77.2 Å². The SMILES string of the molecule is c1ccc(-c2ccc(-c3cccc(-n4c5ccccc5c5c(-n6c7ccccc7c7cc([Si](c8ccccc8)(c8ccccc8)c8ccccc8)ccc76)cccc54)c3)cc2)cc1. The van der Waals surface area contributed by atoms with Gasteiger partial charge in [-0.05, 0) is 85.5 Å². The third kappa shape index (κ3) is 5.93. The fourth-order valence-electron chi connectivity index (χ4n) is 10.3. The molecule has 0 N–H and O–H groups in total. The van der Waals surface area contributed by atoms with E-state index in [1.54, 1.807) is 0 Å². The molecule has 0 radical (unpaired) electrons. The van der Waals surface area contributed by atoms with Crippen molar-refractivity contribution in [1.82, 2.24) is 9.13 Å². The molecular weight excluding hydrogens is 777 g/mol. The monoisotopic (exact) mass is 818 g/mol. The lowest BCUT2D eigenvalue weighted by atomic mass is 10.00. The van der Waals surface area contributed by atoms with Gasteiger partial charge in [-0.3, -0.25) is 0 Å². The molecule has 0 atom stereocenters. The van der Waals surface area contributed by atoms with Gasteiger partial charge in [0.15, 0.2) is 8.07 Å². The predicted octanol–water partition coefficient (Wildman–Crippen LogP) is 12.6. The molecule has 10 aromatic carbocycles. The molecule has 0 saturated heterocycles. The fraction of sp³-hybridized carbons (Fsp3) is 0. The maximum Gasteiger partial charge on any atom is 0.179 e. The molecule has 296 valence electrons. The maximum absolute atomic E-state index is 2.75. The van der Waals surface area contributed by atoms with E-state index in [1.807, 2.05) is 0 Å². The Morgan fingerprint density at radius 1 is 0.254 bits per heavy atom. The van der Waals surface area contributed by atoms with Crippen molar-refractivity contribution in [3.05, 3.63) is 255 Å². The van der Waals surface area contributed by atoms with Crippen molar-refractivity contribution in [3.8, 4) is 33.6 Å². The van der Waals surface area contributed by atoms with Gasteiger partial charge in [-0.1, -0.05) is 212 Å². The summed E-state index contributed by atoms with van der Waals surface area (Å²) in [5.74, 6) is 0. The number of hydrogen-bond donors (Lipinski definition) is 0. The normalized spacial score (nSPS) is 11.8. The van der Waals surface area contributed by atoms with E-state index >= 15 is 0 Å². The minimum atomic E-state index is -2.75. The zero-order valence-electron chi connectivity index (χ0n) is 34.6. The molecule has 0 saturated carbocycles. The van der Waals surface area contributed by atoms with E-state index in [9.17, 15) is 0 Å². The van der Waals surface area contributed by atoms with Crippen LogP contribution in [0.1, 0.15) is 0 Å². The van der Waals surface area contributed by atoms with Crippen molar-refractivity contribution in [2.75, 3.05) is 0 Å². The van der Waals surface area contributed by atoms with Gasteiger partial charge in [0.1, 0.15) is 0 Å². The largest absolute Gasteiger partial charge is 0.309 e. The molecule has 0 unspecified atom stereocenters. The van der Waals surface area contributed by atoms with Gasteiger partial charge in [0, 0.05) is 27.2 Å². The lowest BCUT2D eigenvalue weighted by Gasteiger charge is -2.34. The summed E-state index contributed by atoms with van der Waals surface area (Å²) in [6.45, 7) is 0. The summed E-state index contributed by atoms with van der Waals surface area (Å²) in [6.07, 6.45) is 0. The smallest absolute Gasteiger partial charge is 0.179 e. The van der Waals surface area contributed by atoms with E-state index < -0.39 is 8.07 Å². The number of benzene rings is 10. The Hall–Kier alpha value is -7.98. The summed E-state index contributed by atoms with van der Waals surface area (Å²) in [4.78, 5) is 0. The van der Waals surface area contributed by atoms with Crippen molar-refractivity contribution >= 4 is 72.4 Å². The second kappa shape index (κ2) is 15.2. The molecule has 2 aromatic heterocycles. The van der Waals surface area contributed by atoms with Crippen LogP contribution in [-0.4, -0.2) is 17.2 Å². The van der Waals surface area contributed by atoms with Crippen molar-refractivity contribution in [1.29, 1.82) is 0 Å². The number of para-hydroxylation sites is 2. The van der Waals surface area contributed by atoms with Gasteiger partial charge in [0.05, 0.1) is 27.8 Å². The first-order valence-electron chi connectivity index (χ1n) is 21.8. The van der Waals surface area contributed by atoms with Gasteiger partial charge >= 0.3 is 0 Å². The van der Waals surface area contributed by atoms with Crippen LogP contribution >= 0.6 is 0 Å². The summed E-state index contributed by atoms with van der Waals surface area (Å²) in [5, 5.41) is 10.5. The van der Waals surface area contributed by atoms with E-state index in [-0.39, 0.29) is 0 Å². The van der Waals surface area contributed by atoms with Crippen molar-refractivity contribution in [3.63, 3.8) is 0 Å². The lowest BCUT2D eigenvalue weighted by Crippen LogP contribution is -2.74. The van der Waals surface area contributed by atoms with Crippen molar-refractivity contribution in [2.24, 2.45) is 0 Å². The first kappa shape index (κ1) is 36.8. The zero-order chi connectivity index (χ0) is 41.7. The molecular formula is C60H42N2Si. The van der Waals surface area contributed by atoms with E-state index in [0.717, 1.165) is 5.69 Å². The molecule has 63 heavy (non-hydrogen) atoms. The van der Waals surface area contributed by atoms with E-state index in [2.05, 4.69) is 264 Å². The van der Waals surface area contributed by atoms with Crippen LogP contribution in [0.4, 0.5) is 0 Å². The quantitative estimate of drug-likeness (QED) is 0.107. The van der Waals surface area contributed by atoms with Gasteiger partial charge in [-0.25, -0.2) is 0 Å². The molecule has 12 aromatic rings. The van der Waals surface area contributed by atoms with Gasteiger partial charge in [-0.15, -0.1) is 0 Å². The second-order valence-corrected chi connectivity index (χ2v) is 20.3. The molecule has 2 heterocycles. The van der Waals surface area contributed by atoms with Crippen LogP contribution in [0.5, 0.6) is 0 Å². The van der Waals surface area contributed by atoms with E-state index in [1.165, 1.54) is 92.3 Å². The summed E-state index contributed by atoms with van der Waals surface area (Å²) in [6, 6.07) is 94.1. The van der Waals surface area contributed by atoms with Crippen molar-refractivity contribution < 1.29 is 0 Å². The highest BCUT2D eigenvalue weighted by atomic mass is 28.3. The van der Waals surface area contributed by atoms with Gasteiger partial charge in [-0.2, -0.15) is 0 Å². The Bertz CT molecular complexity index is 3490. The Kier molecular flexibility index (Phi) is 8.87. The second-order valence-electron chi connectivity index (χ2n) is 16.5. The molecule has 0 fully saturated rings. The highest BCUT2D eigenvalue weighted by Crippen LogP contribution is 2.40. The third-order valence-corrected chi connectivity index (χ3v) is 17.8. The molecule has 0 aliphatic rings. The fourth-order valence-corrected chi connectivity index (χ4v) is 15.1. The zero-order valence-corrected chi connectivity index (χ0v) is 35.6. The molecule has 3 heteroatoms. The number of fused-ring (bicyclic) bond motifs is 6. The van der Waals surface area contributed by atoms with Gasteiger partial charge < -0.3 is 9.13 Å². The summed E-state index contributed by atoms with van der Waals surface area (Å²) in [7, 11) is -2.75. The topological polar surface area (TPSA) is 9.86 Å². The molecule has 0 spiro atoms. The van der Waals surface area contributed by atoms with E-state index in [0.29, 0.717) is 0 Å². The summed E-state index contributed by atoms with van der Waals surface area (Å²) >= 11 is 0. The number of aromatic nitrogens is 2. The van der Waals surface area contributed by atoms with Crippen LogP contribution in [0.2, 0.25) is 0 Å². The average molecular weight is 819 g/mol. The van der Waals surface area contributed by atoms with Crippen molar-refractivity contribution in [2.45, 2.75) is 0 Å². The number of nitrogens with zero attached hydrogens (tertiary/aromatic N) is 2. The Morgan fingerprint density at radius 2 is 0.714 bits per heavy atom. The van der Waals surface area contributed by atoms with Gasteiger partial charge in [0.2, 0.25) is 0 Å². The molecule has 0 amide bonds. The Morgan fingerprint density at radius 3 is 1.35 bits per heavy atom. The molecule has 0 bridgehead atoms. The predicted molar refractivity (Wildman–Crippen MR) is 270 cm³/mol. The van der Waals surface area contributed by atoms with Crippen LogP contribution < -0.4 is 20.7 Å². The highest BCUT2D eigenvalue weighted by Gasteiger charge is 2.41. The highest BCUT2D eigenvalue weighted by molar-refractivity contribution is 7.20. The first-order chi connectivity index (χ1) is 31.3. The Balaban J connectivity index is 1.07. The summed E-state index contributed by atoms with van der Waals surface area (Å²) in [5.41, 5.74) is 11.9. The summed E-state index contributed by atoms with van der Waals surface area (Å²) < 4.78 is 4.95. The first-order valence-corrected chi connectivity index (χ1v) is 23.8. The Labute approximate surface area is 368 Å². The number of rotatable bonds is 8. The molecule has 12 rings (SSSR count). The maximum atomic E-state index is 2.52. The minimum absolute atomic E-state index is 1.14. The average Bonchev–Trinajstić information content (AvgIpc) is 3.89. The van der Waals surface area contributed by atoms with E-state index in [4.69, 9.17) is 0 Å². The van der Waals surface area contributed by atoms with Crippen LogP contribution in [0.15, 0.2) is 255 Å². The van der Waals surface area contributed by atoms with Gasteiger partial charge in [0.25, 0.3) is 0 Å². The third-order valence-electron chi connectivity index (χ3n) is 13.1. The standard InChI is InChI=1S/C60H42N2Si/c1-5-19-43(20-6-1)44-35-37-45(38-36-44)46-21-17-22-47(41-46)61-56-32-16-14-30-53(56)60-58(61)33-18-34-59(60)62-55-31-15-13-29-52(55)54-42-51(39-40-57(54)62)63(48-23-7-2-8-24-48,49-25-9-3-10-26-49)50-27-11-4-12-28-50/h1-42H. The van der Waals surface area contributed by atoms with Crippen LogP contribution in [0.3, 0.4) is 0 Å². The molecule has 2 nitrogen and oxygen atoms in total. The molecule has 0 aliphatic heterocycles. The minimum Gasteiger partial charge on any atom is -0.309 e. The lowest BCUT2D eigenvalue weighted by molar-refractivity contribution is 1.17.